The topological polar surface area (TPSA) is 133 Å². The van der Waals surface area contributed by atoms with Crippen LogP contribution in [-0.2, 0) is 11.0 Å². The van der Waals surface area contributed by atoms with E-state index in [0.717, 1.165) is 89.1 Å². The van der Waals surface area contributed by atoms with E-state index in [1.807, 2.05) is 97.9 Å². The molecule has 2 heterocycles. The maximum Gasteiger partial charge on any atom is 0.338 e. The lowest BCUT2D eigenvalue weighted by Crippen LogP contribution is -2.46. The molecule has 1 aromatic heterocycles. The number of nitrogens with zero attached hydrogens (tertiary/aromatic N) is 4. The van der Waals surface area contributed by atoms with Crippen LogP contribution in [0.3, 0.4) is 0 Å². The summed E-state index contributed by atoms with van der Waals surface area (Å²) in [6.07, 6.45) is 2.04. The standard InChI is InChI=1S/C45H43ClN6O5S2/c1-30-42(45(53)54)43(44(51(30)36-18-19-36)31-10-12-33(46)13-11-31)32-6-5-7-37(28-32)50-25-23-49(24-26-50)35-16-14-34(15-17-35)48-59(57)39-20-21-40(41(29-39)52(55)56)47-22-27-58-38-8-3-2-4-9-38/h2-17,20-21,28-29,36,47-48H,18-19,22-27H2,1H3,(H,53,54). The number of rotatable bonds is 15. The number of nitro groups is 1. The minimum Gasteiger partial charge on any atom is -0.478 e. The Morgan fingerprint density at radius 1 is 0.864 bits per heavy atom. The molecule has 5 aromatic carbocycles. The van der Waals surface area contributed by atoms with Crippen molar-refractivity contribution in [2.45, 2.75) is 35.6 Å². The van der Waals surface area contributed by atoms with Gasteiger partial charge in [-0.05, 0) is 104 Å². The Kier molecular flexibility index (Phi) is 12.0. The number of benzene rings is 5. The Morgan fingerprint density at radius 2 is 1.56 bits per heavy atom. The van der Waals surface area contributed by atoms with E-state index in [1.54, 1.807) is 23.9 Å². The lowest BCUT2D eigenvalue weighted by atomic mass is 9.96. The zero-order valence-electron chi connectivity index (χ0n) is 32.3. The third-order valence-electron chi connectivity index (χ3n) is 10.7. The van der Waals surface area contributed by atoms with E-state index in [9.17, 15) is 24.2 Å². The van der Waals surface area contributed by atoms with Crippen molar-refractivity contribution in [2.75, 3.05) is 58.3 Å². The summed E-state index contributed by atoms with van der Waals surface area (Å²) >= 11 is 7.92. The second-order valence-electron chi connectivity index (χ2n) is 14.6. The van der Waals surface area contributed by atoms with Crippen molar-refractivity contribution in [1.29, 1.82) is 0 Å². The van der Waals surface area contributed by atoms with Crippen LogP contribution in [0.4, 0.5) is 28.4 Å². The first-order chi connectivity index (χ1) is 28.6. The zero-order valence-corrected chi connectivity index (χ0v) is 34.7. The minimum atomic E-state index is -1.72. The predicted molar refractivity (Wildman–Crippen MR) is 240 cm³/mol. The van der Waals surface area contributed by atoms with Gasteiger partial charge in [-0.25, -0.2) is 9.00 Å². The second kappa shape index (κ2) is 17.6. The maximum absolute atomic E-state index is 13.3. The molecule has 0 amide bonds. The van der Waals surface area contributed by atoms with Crippen molar-refractivity contribution >= 4 is 68.8 Å². The number of hydrogen-bond acceptors (Lipinski definition) is 8. The molecule has 1 saturated carbocycles. The number of carbonyl (C=O) groups is 1. The average molecular weight is 847 g/mol. The van der Waals surface area contributed by atoms with Crippen molar-refractivity contribution in [3.63, 3.8) is 0 Å². The Bertz CT molecular complexity index is 2500. The van der Waals surface area contributed by atoms with E-state index < -0.39 is 21.9 Å². The van der Waals surface area contributed by atoms with Gasteiger partial charge in [0, 0.05) is 88.8 Å². The molecule has 1 aliphatic heterocycles. The molecule has 1 saturated heterocycles. The minimum absolute atomic E-state index is 0.126. The summed E-state index contributed by atoms with van der Waals surface area (Å²) in [5.41, 5.74) is 7.51. The average Bonchev–Trinajstić information content (AvgIpc) is 4.05. The first-order valence-corrected chi connectivity index (χ1v) is 22.0. The van der Waals surface area contributed by atoms with Crippen LogP contribution >= 0.6 is 23.4 Å². The van der Waals surface area contributed by atoms with Crippen molar-refractivity contribution in [1.82, 2.24) is 4.57 Å². The van der Waals surface area contributed by atoms with E-state index in [0.29, 0.717) is 33.4 Å². The Labute approximate surface area is 354 Å². The number of nitro benzene ring substituents is 1. The van der Waals surface area contributed by atoms with Crippen molar-refractivity contribution in [3.8, 4) is 22.4 Å². The van der Waals surface area contributed by atoms with Crippen LogP contribution in [-0.4, -0.2) is 63.3 Å². The third-order valence-corrected chi connectivity index (χ3v) is 13.1. The highest BCUT2D eigenvalue weighted by Crippen LogP contribution is 2.47. The molecule has 8 rings (SSSR count). The molecular weight excluding hydrogens is 804 g/mol. The fourth-order valence-corrected chi connectivity index (χ4v) is 9.51. The number of anilines is 4. The summed E-state index contributed by atoms with van der Waals surface area (Å²) < 4.78 is 18.5. The van der Waals surface area contributed by atoms with Gasteiger partial charge in [-0.1, -0.05) is 54.1 Å². The number of aromatic carboxylic acids is 1. The highest BCUT2D eigenvalue weighted by atomic mass is 35.5. The molecule has 6 aromatic rings. The molecule has 2 aliphatic rings. The summed E-state index contributed by atoms with van der Waals surface area (Å²) in [5, 5.41) is 26.2. The molecule has 14 heteroatoms. The van der Waals surface area contributed by atoms with Crippen LogP contribution in [0.25, 0.3) is 22.4 Å². The van der Waals surface area contributed by atoms with Gasteiger partial charge in [-0.15, -0.1) is 11.8 Å². The van der Waals surface area contributed by atoms with Crippen LogP contribution < -0.4 is 19.8 Å². The highest BCUT2D eigenvalue weighted by molar-refractivity contribution is 7.99. The molecule has 0 bridgehead atoms. The first kappa shape index (κ1) is 40.0. The van der Waals surface area contributed by atoms with Crippen LogP contribution in [0, 0.1) is 17.0 Å². The van der Waals surface area contributed by atoms with Gasteiger partial charge in [0.2, 0.25) is 0 Å². The summed E-state index contributed by atoms with van der Waals surface area (Å²) in [6.45, 7) is 5.51. The number of halogens is 1. The molecule has 0 radical (unpaired) electrons. The predicted octanol–water partition coefficient (Wildman–Crippen LogP) is 10.4. The van der Waals surface area contributed by atoms with E-state index in [-0.39, 0.29) is 11.7 Å². The number of hydrogen-bond donors (Lipinski definition) is 3. The van der Waals surface area contributed by atoms with Gasteiger partial charge in [0.1, 0.15) is 5.69 Å². The lowest BCUT2D eigenvalue weighted by Gasteiger charge is -2.37. The smallest absolute Gasteiger partial charge is 0.338 e. The first-order valence-electron chi connectivity index (χ1n) is 19.5. The van der Waals surface area contributed by atoms with Crippen LogP contribution in [0.1, 0.15) is 34.9 Å². The Balaban J connectivity index is 0.911. The summed E-state index contributed by atoms with van der Waals surface area (Å²) in [6, 6.07) is 38.4. The van der Waals surface area contributed by atoms with Crippen molar-refractivity contribution < 1.29 is 19.0 Å². The van der Waals surface area contributed by atoms with Crippen LogP contribution in [0.15, 0.2) is 131 Å². The monoisotopic (exact) mass is 846 g/mol. The van der Waals surface area contributed by atoms with Gasteiger partial charge < -0.3 is 29.5 Å². The highest BCUT2D eigenvalue weighted by Gasteiger charge is 2.34. The van der Waals surface area contributed by atoms with Gasteiger partial charge in [-0.3, -0.25) is 10.1 Å². The van der Waals surface area contributed by atoms with Crippen LogP contribution in [0.5, 0.6) is 0 Å². The molecule has 302 valence electrons. The molecule has 59 heavy (non-hydrogen) atoms. The van der Waals surface area contributed by atoms with Crippen molar-refractivity contribution in [2.24, 2.45) is 0 Å². The van der Waals surface area contributed by atoms with E-state index in [1.165, 1.54) is 6.07 Å². The van der Waals surface area contributed by atoms with E-state index in [4.69, 9.17) is 11.6 Å². The van der Waals surface area contributed by atoms with Gasteiger partial charge in [0.15, 0.2) is 11.0 Å². The van der Waals surface area contributed by atoms with Crippen molar-refractivity contribution in [3.05, 3.63) is 148 Å². The van der Waals surface area contributed by atoms with Gasteiger partial charge in [0.05, 0.1) is 21.1 Å². The second-order valence-corrected chi connectivity index (χ2v) is 17.4. The fourth-order valence-electron chi connectivity index (χ4n) is 7.72. The maximum atomic E-state index is 13.3. The lowest BCUT2D eigenvalue weighted by molar-refractivity contribution is -0.384. The van der Waals surface area contributed by atoms with E-state index >= 15 is 0 Å². The molecular formula is C45H43ClN6O5S2. The number of nitrogens with one attached hydrogen (secondary N) is 2. The number of aromatic nitrogens is 1. The van der Waals surface area contributed by atoms with Gasteiger partial charge in [-0.2, -0.15) is 0 Å². The number of thioether (sulfide) groups is 1. The fraction of sp³-hybridized carbons (Fsp3) is 0.222. The molecule has 11 nitrogen and oxygen atoms in total. The molecule has 1 unspecified atom stereocenters. The van der Waals surface area contributed by atoms with E-state index in [2.05, 4.69) is 36.5 Å². The summed E-state index contributed by atoms with van der Waals surface area (Å²) in [4.78, 5) is 30.4. The third kappa shape index (κ3) is 8.97. The zero-order chi connectivity index (χ0) is 41.0. The van der Waals surface area contributed by atoms with Gasteiger partial charge >= 0.3 is 5.97 Å². The molecule has 1 atom stereocenters. The number of piperazine rings is 1. The molecule has 2 fully saturated rings. The Hall–Kier alpha value is -5.76. The largest absolute Gasteiger partial charge is 0.478 e. The normalized spacial score (nSPS) is 14.5. The number of carboxylic acids is 1. The SMILES string of the molecule is Cc1c(C(=O)O)c(-c2cccc(N3CCN(c4ccc(NS(=O)c5ccc(NCCSc6ccccc6)c([N+](=O)[O-])c5)cc4)CC3)c2)c(-c2ccc(Cl)cc2)n1C1CC1. The molecule has 3 N–H and O–H groups in total. The van der Waals surface area contributed by atoms with Gasteiger partial charge in [0.25, 0.3) is 5.69 Å². The summed E-state index contributed by atoms with van der Waals surface area (Å²) in [5.74, 6) is -0.204. The molecule has 1 aliphatic carbocycles. The quantitative estimate of drug-likeness (QED) is 0.0400. The summed E-state index contributed by atoms with van der Waals surface area (Å²) in [7, 11) is -1.72. The number of carboxylic acid groups (broad SMARTS) is 1. The van der Waals surface area contributed by atoms with Crippen LogP contribution in [0.2, 0.25) is 5.02 Å². The molecule has 0 spiro atoms. The Morgan fingerprint density at radius 3 is 2.22 bits per heavy atom.